The molecule has 2 heterocycles. The zero-order valence-electron chi connectivity index (χ0n) is 10.6. The molecular weight excluding hydrogens is 282 g/mol. The van der Waals surface area contributed by atoms with Crippen LogP contribution in [0.5, 0.6) is 0 Å². The third-order valence-corrected chi connectivity index (χ3v) is 3.55. The summed E-state index contributed by atoms with van der Waals surface area (Å²) in [7, 11) is 0. The van der Waals surface area contributed by atoms with Gasteiger partial charge < -0.3 is 20.7 Å². The highest BCUT2D eigenvalue weighted by Crippen LogP contribution is 2.17. The highest BCUT2D eigenvalue weighted by atomic mass is 32.1. The van der Waals surface area contributed by atoms with Crippen molar-refractivity contribution in [1.29, 1.82) is 0 Å². The second-order valence-corrected chi connectivity index (χ2v) is 4.98. The Morgan fingerprint density at radius 2 is 2.15 bits per heavy atom. The van der Waals surface area contributed by atoms with E-state index in [1.807, 2.05) is 0 Å². The number of aromatic amines is 1. The van der Waals surface area contributed by atoms with Crippen LogP contribution in [0.2, 0.25) is 0 Å². The third kappa shape index (κ3) is 3.54. The number of hydrogen-bond acceptors (Lipinski definition) is 5. The first kappa shape index (κ1) is 14.0. The fourth-order valence-corrected chi connectivity index (χ4v) is 2.35. The number of rotatable bonds is 5. The number of carbonyl (C=O) groups is 2. The number of nitrogens with one attached hydrogen (secondary N) is 3. The van der Waals surface area contributed by atoms with Crippen LogP contribution in [0.15, 0.2) is 12.4 Å². The summed E-state index contributed by atoms with van der Waals surface area (Å²) in [5, 5.41) is 14.7. The van der Waals surface area contributed by atoms with Gasteiger partial charge in [0.1, 0.15) is 15.7 Å². The van der Waals surface area contributed by atoms with Crippen molar-refractivity contribution in [3.8, 4) is 0 Å². The van der Waals surface area contributed by atoms with Gasteiger partial charge in [-0.2, -0.15) is 0 Å². The number of nitrogens with zero attached hydrogens (tertiary/aromatic N) is 2. The van der Waals surface area contributed by atoms with E-state index in [-0.39, 0.29) is 24.0 Å². The first-order chi connectivity index (χ1) is 9.56. The largest absolute Gasteiger partial charge is 0.477 e. The molecule has 0 aliphatic rings. The number of carboxylic acid groups (broad SMARTS) is 1. The highest BCUT2D eigenvalue weighted by molar-refractivity contribution is 7.13. The molecule has 2 rings (SSSR count). The van der Waals surface area contributed by atoms with Gasteiger partial charge in [0.25, 0.3) is 0 Å². The molecule has 2 aromatic rings. The van der Waals surface area contributed by atoms with Crippen LogP contribution in [-0.4, -0.2) is 32.1 Å². The van der Waals surface area contributed by atoms with Crippen molar-refractivity contribution in [1.82, 2.24) is 25.6 Å². The SMILES string of the molecule is Cc1nc(CNC(=O)NCc2ncc[nH]2)sc1C(=O)O. The van der Waals surface area contributed by atoms with Gasteiger partial charge in [0.05, 0.1) is 18.8 Å². The lowest BCUT2D eigenvalue weighted by molar-refractivity contribution is 0.0701. The third-order valence-electron chi connectivity index (χ3n) is 2.41. The Hall–Kier alpha value is -2.42. The van der Waals surface area contributed by atoms with Gasteiger partial charge in [0.15, 0.2) is 0 Å². The van der Waals surface area contributed by atoms with Gasteiger partial charge in [-0.3, -0.25) is 0 Å². The van der Waals surface area contributed by atoms with Crippen molar-refractivity contribution in [2.45, 2.75) is 20.0 Å². The highest BCUT2D eigenvalue weighted by Gasteiger charge is 2.14. The van der Waals surface area contributed by atoms with E-state index in [0.29, 0.717) is 16.5 Å². The summed E-state index contributed by atoms with van der Waals surface area (Å²) in [6, 6.07) is -0.369. The van der Waals surface area contributed by atoms with Crippen LogP contribution < -0.4 is 10.6 Å². The first-order valence-electron chi connectivity index (χ1n) is 5.76. The standard InChI is InChI=1S/C11H13N5O3S/c1-6-9(10(17)18)20-8(16-6)5-15-11(19)14-4-7-12-2-3-13-7/h2-3H,4-5H2,1H3,(H,12,13)(H,17,18)(H2,14,15,19). The fraction of sp³-hybridized carbons (Fsp3) is 0.273. The van der Waals surface area contributed by atoms with Crippen LogP contribution in [0.4, 0.5) is 4.79 Å². The van der Waals surface area contributed by atoms with Crippen molar-refractivity contribution >= 4 is 23.3 Å². The molecule has 2 amide bonds. The molecule has 0 unspecified atom stereocenters. The molecule has 0 aromatic carbocycles. The predicted molar refractivity (Wildman–Crippen MR) is 71.5 cm³/mol. The van der Waals surface area contributed by atoms with Crippen LogP contribution in [0.25, 0.3) is 0 Å². The summed E-state index contributed by atoms with van der Waals surface area (Å²) in [5.74, 6) is -0.355. The molecular formula is C11H13N5O3S. The normalized spacial score (nSPS) is 10.2. The molecule has 9 heteroatoms. The maximum atomic E-state index is 11.5. The van der Waals surface area contributed by atoms with Crippen LogP contribution in [0, 0.1) is 6.92 Å². The molecule has 0 fully saturated rings. The van der Waals surface area contributed by atoms with Crippen LogP contribution in [-0.2, 0) is 13.1 Å². The summed E-state index contributed by atoms with van der Waals surface area (Å²) < 4.78 is 0. The lowest BCUT2D eigenvalue weighted by atomic mass is 10.4. The summed E-state index contributed by atoms with van der Waals surface area (Å²) >= 11 is 1.05. The summed E-state index contributed by atoms with van der Waals surface area (Å²) in [6.45, 7) is 2.10. The quantitative estimate of drug-likeness (QED) is 0.652. The topological polar surface area (TPSA) is 120 Å². The second-order valence-electron chi connectivity index (χ2n) is 3.90. The van der Waals surface area contributed by atoms with Crippen LogP contribution >= 0.6 is 11.3 Å². The number of aromatic nitrogens is 3. The van der Waals surface area contributed by atoms with E-state index in [1.54, 1.807) is 19.3 Å². The Balaban J connectivity index is 1.81. The molecule has 8 nitrogen and oxygen atoms in total. The lowest BCUT2D eigenvalue weighted by Crippen LogP contribution is -2.34. The molecule has 0 radical (unpaired) electrons. The molecule has 106 valence electrons. The van der Waals surface area contributed by atoms with Gasteiger partial charge in [-0.15, -0.1) is 11.3 Å². The van der Waals surface area contributed by atoms with Crippen LogP contribution in [0.3, 0.4) is 0 Å². The van der Waals surface area contributed by atoms with Gasteiger partial charge in [-0.25, -0.2) is 19.6 Å². The number of aromatic carboxylic acids is 1. The molecule has 0 aliphatic heterocycles. The molecule has 0 bridgehead atoms. The average molecular weight is 295 g/mol. The number of imidazole rings is 1. The van der Waals surface area contributed by atoms with Gasteiger partial charge in [0, 0.05) is 12.4 Å². The molecule has 20 heavy (non-hydrogen) atoms. The van der Waals surface area contributed by atoms with Crippen molar-refractivity contribution in [3.05, 3.63) is 33.8 Å². The van der Waals surface area contributed by atoms with Gasteiger partial charge >= 0.3 is 12.0 Å². The van der Waals surface area contributed by atoms with E-state index in [0.717, 1.165) is 11.3 Å². The van der Waals surface area contributed by atoms with E-state index >= 15 is 0 Å². The Morgan fingerprint density at radius 1 is 1.40 bits per heavy atom. The zero-order valence-corrected chi connectivity index (χ0v) is 11.5. The molecule has 2 aromatic heterocycles. The van der Waals surface area contributed by atoms with Crippen molar-refractivity contribution in [2.24, 2.45) is 0 Å². The maximum Gasteiger partial charge on any atom is 0.347 e. The summed E-state index contributed by atoms with van der Waals surface area (Å²) in [4.78, 5) is 33.5. The van der Waals surface area contributed by atoms with Gasteiger partial charge in [0.2, 0.25) is 0 Å². The summed E-state index contributed by atoms with van der Waals surface area (Å²) in [5.41, 5.74) is 0.454. The van der Waals surface area contributed by atoms with E-state index in [4.69, 9.17) is 5.11 Å². The monoisotopic (exact) mass is 295 g/mol. The summed E-state index contributed by atoms with van der Waals surface area (Å²) in [6.07, 6.45) is 3.27. The van der Waals surface area contributed by atoms with Crippen LogP contribution in [0.1, 0.15) is 26.2 Å². The number of aryl methyl sites for hydroxylation is 1. The minimum Gasteiger partial charge on any atom is -0.477 e. The minimum atomic E-state index is -1.01. The van der Waals surface area contributed by atoms with E-state index in [2.05, 4.69) is 25.6 Å². The van der Waals surface area contributed by atoms with Crippen molar-refractivity contribution in [3.63, 3.8) is 0 Å². The van der Waals surface area contributed by atoms with Crippen molar-refractivity contribution < 1.29 is 14.7 Å². The van der Waals surface area contributed by atoms with E-state index in [9.17, 15) is 9.59 Å². The fourth-order valence-electron chi connectivity index (χ4n) is 1.50. The average Bonchev–Trinajstić information content (AvgIpc) is 3.03. The molecule has 0 spiro atoms. The molecule has 0 saturated carbocycles. The van der Waals surface area contributed by atoms with Crippen molar-refractivity contribution in [2.75, 3.05) is 0 Å². The van der Waals surface area contributed by atoms with E-state index in [1.165, 1.54) is 0 Å². The molecule has 4 N–H and O–H groups in total. The number of carboxylic acids is 1. The molecule has 0 saturated heterocycles. The first-order valence-corrected chi connectivity index (χ1v) is 6.57. The number of amides is 2. The minimum absolute atomic E-state index is 0.183. The second kappa shape index (κ2) is 6.15. The number of H-pyrrole nitrogens is 1. The van der Waals surface area contributed by atoms with Gasteiger partial charge in [-0.05, 0) is 6.92 Å². The van der Waals surface area contributed by atoms with Gasteiger partial charge in [-0.1, -0.05) is 0 Å². The Labute approximate surface area is 118 Å². The predicted octanol–water partition coefficient (Wildman–Crippen LogP) is 0.872. The lowest BCUT2D eigenvalue weighted by Gasteiger charge is -2.04. The number of hydrogen-bond donors (Lipinski definition) is 4. The Morgan fingerprint density at radius 3 is 2.75 bits per heavy atom. The Bertz CT molecular complexity index is 608. The van der Waals surface area contributed by atoms with E-state index < -0.39 is 5.97 Å². The molecule has 0 atom stereocenters. The molecule has 0 aliphatic carbocycles. The number of thiazole rings is 1. The maximum absolute atomic E-state index is 11.5. The smallest absolute Gasteiger partial charge is 0.347 e. The Kier molecular flexibility index (Phi) is 4.31. The number of carbonyl (C=O) groups excluding carboxylic acids is 1. The zero-order chi connectivity index (χ0) is 14.5. The number of urea groups is 1.